The molecule has 1 aliphatic heterocycles. The molecule has 2 N–H and O–H groups in total. The highest BCUT2D eigenvalue weighted by Crippen LogP contribution is 2.32. The minimum absolute atomic E-state index is 0.151. The van der Waals surface area contributed by atoms with Crippen molar-refractivity contribution in [1.29, 1.82) is 0 Å². The van der Waals surface area contributed by atoms with E-state index in [1.165, 1.54) is 0 Å². The second kappa shape index (κ2) is 7.54. The monoisotopic (exact) mass is 389 g/mol. The molecule has 146 valence electrons. The van der Waals surface area contributed by atoms with Crippen LogP contribution in [0.4, 0.5) is 24.9 Å². The summed E-state index contributed by atoms with van der Waals surface area (Å²) in [6.45, 7) is 11.2. The number of alkyl halides is 3. The highest BCUT2D eigenvalue weighted by Gasteiger charge is 2.35. The minimum Gasteiger partial charge on any atom is -0.358 e. The maximum Gasteiger partial charge on any atom is 0.433 e. The van der Waals surface area contributed by atoms with Gasteiger partial charge >= 0.3 is 6.18 Å². The molecule has 1 aromatic heterocycles. The van der Waals surface area contributed by atoms with Gasteiger partial charge in [0.15, 0.2) is 10.8 Å². The molecule has 5 nitrogen and oxygen atoms in total. The molecule has 9 heteroatoms. The van der Waals surface area contributed by atoms with Crippen LogP contribution < -0.4 is 15.5 Å². The normalized spacial score (nSPS) is 21.5. The van der Waals surface area contributed by atoms with Crippen molar-refractivity contribution in [3.05, 3.63) is 11.8 Å². The Labute approximate surface area is 157 Å². The van der Waals surface area contributed by atoms with Gasteiger partial charge in [-0.15, -0.1) is 0 Å². The number of hydrogen-bond acceptors (Lipinski definition) is 4. The van der Waals surface area contributed by atoms with Gasteiger partial charge in [0, 0.05) is 24.7 Å². The van der Waals surface area contributed by atoms with Crippen molar-refractivity contribution in [2.45, 2.75) is 52.8 Å². The van der Waals surface area contributed by atoms with Crippen molar-refractivity contribution in [3.8, 4) is 0 Å². The zero-order valence-electron chi connectivity index (χ0n) is 15.7. The highest BCUT2D eigenvalue weighted by atomic mass is 32.1. The lowest BCUT2D eigenvalue weighted by atomic mass is 9.92. The van der Waals surface area contributed by atoms with E-state index in [-0.39, 0.29) is 22.4 Å². The molecule has 1 aromatic rings. The predicted octanol–water partition coefficient (Wildman–Crippen LogP) is 4.06. The Morgan fingerprint density at radius 3 is 2.23 bits per heavy atom. The molecule has 1 fully saturated rings. The summed E-state index contributed by atoms with van der Waals surface area (Å²) in [6.07, 6.45) is -3.50. The highest BCUT2D eigenvalue weighted by molar-refractivity contribution is 7.80. The van der Waals surface area contributed by atoms with Gasteiger partial charge in [0.05, 0.1) is 0 Å². The minimum atomic E-state index is -4.56. The van der Waals surface area contributed by atoms with Crippen LogP contribution in [0.2, 0.25) is 0 Å². The van der Waals surface area contributed by atoms with Gasteiger partial charge in [-0.3, -0.25) is 0 Å². The SMILES string of the molecule is C[C@@H]1C[C@@H](C)CN(c2cc(C(F)(F)F)nc(NC(=S)NC(C)(C)C)n2)C1. The summed E-state index contributed by atoms with van der Waals surface area (Å²) in [5.41, 5.74) is -1.30. The molecule has 0 bridgehead atoms. The molecular weight excluding hydrogens is 363 g/mol. The largest absolute Gasteiger partial charge is 0.433 e. The summed E-state index contributed by atoms with van der Waals surface area (Å²) in [5, 5.41) is 5.85. The number of nitrogens with one attached hydrogen (secondary N) is 2. The van der Waals surface area contributed by atoms with E-state index >= 15 is 0 Å². The van der Waals surface area contributed by atoms with Crippen molar-refractivity contribution >= 4 is 29.1 Å². The van der Waals surface area contributed by atoms with Gasteiger partial charge in [-0.25, -0.2) is 4.98 Å². The Morgan fingerprint density at radius 1 is 1.15 bits per heavy atom. The first kappa shape index (κ1) is 20.7. The van der Waals surface area contributed by atoms with Crippen LogP contribution in [0.25, 0.3) is 0 Å². The molecule has 2 heterocycles. The van der Waals surface area contributed by atoms with Crippen LogP contribution in [-0.2, 0) is 6.18 Å². The third kappa shape index (κ3) is 5.96. The molecule has 0 saturated carbocycles. The van der Waals surface area contributed by atoms with E-state index in [9.17, 15) is 13.2 Å². The zero-order chi connectivity index (χ0) is 19.7. The lowest BCUT2D eigenvalue weighted by Gasteiger charge is -2.36. The van der Waals surface area contributed by atoms with Gasteiger partial charge in [0.2, 0.25) is 5.95 Å². The number of halogens is 3. The molecule has 0 aromatic carbocycles. The predicted molar refractivity (Wildman–Crippen MR) is 101 cm³/mol. The van der Waals surface area contributed by atoms with Crippen LogP contribution in [0, 0.1) is 11.8 Å². The lowest BCUT2D eigenvalue weighted by molar-refractivity contribution is -0.141. The summed E-state index contributed by atoms with van der Waals surface area (Å²) in [5.74, 6) is 0.903. The fourth-order valence-electron chi connectivity index (χ4n) is 3.12. The Hall–Kier alpha value is -1.64. The zero-order valence-corrected chi connectivity index (χ0v) is 16.6. The van der Waals surface area contributed by atoms with Crippen molar-refractivity contribution in [3.63, 3.8) is 0 Å². The molecule has 2 atom stereocenters. The van der Waals surface area contributed by atoms with Crippen molar-refractivity contribution in [2.24, 2.45) is 11.8 Å². The first-order chi connectivity index (χ1) is 11.8. The Balaban J connectivity index is 2.32. The maximum absolute atomic E-state index is 13.3. The van der Waals surface area contributed by atoms with E-state index in [0.29, 0.717) is 24.9 Å². The molecule has 0 aliphatic carbocycles. The van der Waals surface area contributed by atoms with E-state index in [1.54, 1.807) is 0 Å². The molecular formula is C17H26F3N5S. The molecule has 26 heavy (non-hydrogen) atoms. The fraction of sp³-hybridized carbons (Fsp3) is 0.706. The maximum atomic E-state index is 13.3. The van der Waals surface area contributed by atoms with E-state index in [1.807, 2.05) is 25.7 Å². The Kier molecular flexibility index (Phi) is 5.99. The van der Waals surface area contributed by atoms with Gasteiger partial charge < -0.3 is 15.5 Å². The van der Waals surface area contributed by atoms with Crippen LogP contribution in [0.3, 0.4) is 0 Å². The standard InChI is InChI=1S/C17H26F3N5S/c1-10-6-11(2)9-25(8-10)13-7-12(17(18,19)20)21-14(22-13)23-15(26)24-16(3,4)5/h7,10-11H,6,8-9H2,1-5H3,(H2,21,22,23,24,26)/t10-,11-/m1/s1. The van der Waals surface area contributed by atoms with E-state index in [2.05, 4.69) is 34.4 Å². The van der Waals surface area contributed by atoms with Crippen LogP contribution in [0.5, 0.6) is 0 Å². The molecule has 1 saturated heterocycles. The number of anilines is 2. The van der Waals surface area contributed by atoms with Gasteiger partial charge in [-0.2, -0.15) is 18.2 Å². The number of piperidine rings is 1. The third-order valence-electron chi connectivity index (χ3n) is 3.91. The average molecular weight is 389 g/mol. The number of rotatable bonds is 2. The van der Waals surface area contributed by atoms with Crippen LogP contribution in [-0.4, -0.2) is 33.7 Å². The first-order valence-electron chi connectivity index (χ1n) is 8.64. The third-order valence-corrected chi connectivity index (χ3v) is 4.11. The number of hydrogen-bond donors (Lipinski definition) is 2. The van der Waals surface area contributed by atoms with E-state index < -0.39 is 11.9 Å². The summed E-state index contributed by atoms with van der Waals surface area (Å²) >= 11 is 5.16. The first-order valence-corrected chi connectivity index (χ1v) is 9.04. The molecule has 0 amide bonds. The number of thiocarbonyl (C=S) groups is 1. The van der Waals surface area contributed by atoms with Crippen molar-refractivity contribution in [2.75, 3.05) is 23.3 Å². The van der Waals surface area contributed by atoms with Crippen molar-refractivity contribution < 1.29 is 13.2 Å². The smallest absolute Gasteiger partial charge is 0.358 e. The summed E-state index contributed by atoms with van der Waals surface area (Å²) in [6, 6.07) is 1.01. The number of nitrogens with zero attached hydrogens (tertiary/aromatic N) is 3. The van der Waals surface area contributed by atoms with E-state index in [0.717, 1.165) is 12.5 Å². The average Bonchev–Trinajstić information content (AvgIpc) is 2.42. The molecule has 0 spiro atoms. The van der Waals surface area contributed by atoms with E-state index in [4.69, 9.17) is 12.2 Å². The van der Waals surface area contributed by atoms with Gasteiger partial charge in [-0.05, 0) is 51.2 Å². The molecule has 0 unspecified atom stereocenters. The Morgan fingerprint density at radius 2 is 1.73 bits per heavy atom. The Bertz CT molecular complexity index is 647. The molecule has 1 aliphatic rings. The quantitative estimate of drug-likeness (QED) is 0.744. The van der Waals surface area contributed by atoms with Crippen LogP contribution in [0.15, 0.2) is 6.07 Å². The second-order valence-corrected chi connectivity index (χ2v) is 8.52. The van der Waals surface area contributed by atoms with Crippen LogP contribution >= 0.6 is 12.2 Å². The van der Waals surface area contributed by atoms with Gasteiger partial charge in [0.1, 0.15) is 5.82 Å². The lowest BCUT2D eigenvalue weighted by Crippen LogP contribution is -2.43. The summed E-state index contributed by atoms with van der Waals surface area (Å²) in [4.78, 5) is 9.78. The van der Waals surface area contributed by atoms with Gasteiger partial charge in [0.25, 0.3) is 0 Å². The summed E-state index contributed by atoms with van der Waals surface area (Å²) in [7, 11) is 0. The summed E-state index contributed by atoms with van der Waals surface area (Å²) < 4.78 is 39.9. The topological polar surface area (TPSA) is 53.1 Å². The van der Waals surface area contributed by atoms with Crippen molar-refractivity contribution in [1.82, 2.24) is 15.3 Å². The second-order valence-electron chi connectivity index (χ2n) is 8.11. The molecule has 2 rings (SSSR count). The molecule has 0 radical (unpaired) electrons. The van der Waals surface area contributed by atoms with Crippen LogP contribution in [0.1, 0.15) is 46.7 Å². The fourth-order valence-corrected chi connectivity index (χ4v) is 3.52. The number of aromatic nitrogens is 2. The van der Waals surface area contributed by atoms with Gasteiger partial charge in [-0.1, -0.05) is 13.8 Å².